The Morgan fingerprint density at radius 1 is 1.40 bits per heavy atom. The van der Waals surface area contributed by atoms with Crippen molar-refractivity contribution in [1.29, 1.82) is 0 Å². The number of phenols is 1. The molecule has 0 saturated heterocycles. The topological polar surface area (TPSA) is 41.5 Å². The van der Waals surface area contributed by atoms with Crippen LogP contribution in [-0.2, 0) is 11.4 Å². The molecule has 0 aromatic heterocycles. The van der Waals surface area contributed by atoms with Gasteiger partial charge in [0.1, 0.15) is 5.75 Å². The fraction of sp³-hybridized carbons (Fsp3) is 0.455. The van der Waals surface area contributed by atoms with E-state index in [0.29, 0.717) is 17.1 Å². The second-order valence-corrected chi connectivity index (χ2v) is 4.75. The highest BCUT2D eigenvalue weighted by molar-refractivity contribution is 6.30. The SMILES string of the molecule is CC(C)(C)ONCc1cc(Cl)ccc1O. The lowest BCUT2D eigenvalue weighted by Crippen LogP contribution is -2.28. The largest absolute Gasteiger partial charge is 0.508 e. The monoisotopic (exact) mass is 229 g/mol. The van der Waals surface area contributed by atoms with Gasteiger partial charge in [0.25, 0.3) is 0 Å². The predicted octanol–water partition coefficient (Wildman–Crippen LogP) is 2.87. The summed E-state index contributed by atoms with van der Waals surface area (Å²) in [4.78, 5) is 5.32. The Balaban J connectivity index is 2.54. The van der Waals surface area contributed by atoms with E-state index in [1.54, 1.807) is 18.2 Å². The predicted molar refractivity (Wildman–Crippen MR) is 60.8 cm³/mol. The van der Waals surface area contributed by atoms with E-state index < -0.39 is 0 Å². The van der Waals surface area contributed by atoms with Crippen LogP contribution in [0.4, 0.5) is 0 Å². The van der Waals surface area contributed by atoms with Crippen LogP contribution in [0.25, 0.3) is 0 Å². The second kappa shape index (κ2) is 4.84. The molecule has 1 aromatic carbocycles. The first kappa shape index (κ1) is 12.3. The standard InChI is InChI=1S/C11H16ClNO2/c1-11(2,3)15-13-7-8-6-9(12)4-5-10(8)14/h4-6,13-14H,7H2,1-3H3. The van der Waals surface area contributed by atoms with Crippen molar-refractivity contribution in [1.82, 2.24) is 5.48 Å². The van der Waals surface area contributed by atoms with Gasteiger partial charge < -0.3 is 5.11 Å². The molecule has 84 valence electrons. The van der Waals surface area contributed by atoms with Gasteiger partial charge in [-0.25, -0.2) is 0 Å². The molecule has 0 aliphatic rings. The van der Waals surface area contributed by atoms with E-state index in [1.807, 2.05) is 20.8 Å². The third kappa shape index (κ3) is 4.51. The number of aromatic hydroxyl groups is 1. The minimum absolute atomic E-state index is 0.212. The summed E-state index contributed by atoms with van der Waals surface area (Å²) in [6.07, 6.45) is 0. The summed E-state index contributed by atoms with van der Waals surface area (Å²) >= 11 is 5.81. The van der Waals surface area contributed by atoms with E-state index in [0.717, 1.165) is 0 Å². The van der Waals surface area contributed by atoms with E-state index in [-0.39, 0.29) is 11.4 Å². The summed E-state index contributed by atoms with van der Waals surface area (Å²) in [6, 6.07) is 4.91. The number of hydrogen-bond donors (Lipinski definition) is 2. The first-order valence-corrected chi connectivity index (χ1v) is 5.14. The zero-order valence-electron chi connectivity index (χ0n) is 9.17. The lowest BCUT2D eigenvalue weighted by molar-refractivity contribution is -0.0759. The molecule has 1 rings (SSSR count). The molecule has 2 N–H and O–H groups in total. The van der Waals surface area contributed by atoms with Crippen LogP contribution in [0.3, 0.4) is 0 Å². The highest BCUT2D eigenvalue weighted by atomic mass is 35.5. The number of hydroxylamine groups is 1. The van der Waals surface area contributed by atoms with Gasteiger partial charge in [-0.1, -0.05) is 11.6 Å². The lowest BCUT2D eigenvalue weighted by atomic mass is 10.2. The quantitative estimate of drug-likeness (QED) is 0.784. The Morgan fingerprint density at radius 3 is 2.67 bits per heavy atom. The van der Waals surface area contributed by atoms with Crippen LogP contribution in [0.1, 0.15) is 26.3 Å². The molecular formula is C11H16ClNO2. The van der Waals surface area contributed by atoms with E-state index in [1.165, 1.54) is 0 Å². The molecule has 0 saturated carbocycles. The summed E-state index contributed by atoms with van der Waals surface area (Å²) in [5, 5.41) is 10.1. The Morgan fingerprint density at radius 2 is 2.07 bits per heavy atom. The Bertz CT molecular complexity index is 334. The summed E-state index contributed by atoms with van der Waals surface area (Å²) in [7, 11) is 0. The van der Waals surface area contributed by atoms with Gasteiger partial charge in [-0.3, -0.25) is 4.84 Å². The number of halogens is 1. The Kier molecular flexibility index (Phi) is 3.97. The molecule has 0 heterocycles. The molecule has 0 aliphatic carbocycles. The second-order valence-electron chi connectivity index (χ2n) is 4.31. The number of nitrogens with one attached hydrogen (secondary N) is 1. The van der Waals surface area contributed by atoms with Gasteiger partial charge in [0, 0.05) is 17.1 Å². The first-order valence-electron chi connectivity index (χ1n) is 4.77. The van der Waals surface area contributed by atoms with Crippen molar-refractivity contribution >= 4 is 11.6 Å². The zero-order chi connectivity index (χ0) is 11.5. The van der Waals surface area contributed by atoms with Gasteiger partial charge in [0.05, 0.1) is 5.60 Å². The molecule has 0 atom stereocenters. The maximum absolute atomic E-state index is 9.51. The summed E-state index contributed by atoms with van der Waals surface area (Å²) in [5.41, 5.74) is 3.25. The van der Waals surface area contributed by atoms with Crippen LogP contribution < -0.4 is 5.48 Å². The van der Waals surface area contributed by atoms with Crippen LogP contribution in [0.5, 0.6) is 5.75 Å². The Hall–Kier alpha value is -0.770. The van der Waals surface area contributed by atoms with E-state index in [4.69, 9.17) is 16.4 Å². The van der Waals surface area contributed by atoms with Crippen LogP contribution >= 0.6 is 11.6 Å². The van der Waals surface area contributed by atoms with Crippen LogP contribution in [0, 0.1) is 0 Å². The number of rotatable bonds is 3. The molecule has 0 amide bonds. The van der Waals surface area contributed by atoms with Crippen molar-refractivity contribution < 1.29 is 9.94 Å². The maximum Gasteiger partial charge on any atom is 0.120 e. The average Bonchev–Trinajstić information content (AvgIpc) is 2.09. The minimum Gasteiger partial charge on any atom is -0.508 e. The lowest BCUT2D eigenvalue weighted by Gasteiger charge is -2.19. The molecule has 0 bridgehead atoms. The molecule has 0 spiro atoms. The van der Waals surface area contributed by atoms with Gasteiger partial charge in [-0.15, -0.1) is 0 Å². The Labute approximate surface area is 95.0 Å². The zero-order valence-corrected chi connectivity index (χ0v) is 9.93. The third-order valence-corrected chi connectivity index (χ3v) is 1.92. The third-order valence-electron chi connectivity index (χ3n) is 1.68. The molecule has 0 aliphatic heterocycles. The fourth-order valence-electron chi connectivity index (χ4n) is 1.03. The van der Waals surface area contributed by atoms with Gasteiger partial charge in [-0.2, -0.15) is 5.48 Å². The van der Waals surface area contributed by atoms with E-state index >= 15 is 0 Å². The smallest absolute Gasteiger partial charge is 0.120 e. The van der Waals surface area contributed by atoms with Crippen LogP contribution in [-0.4, -0.2) is 10.7 Å². The molecule has 0 unspecified atom stereocenters. The highest BCUT2D eigenvalue weighted by Gasteiger charge is 2.10. The van der Waals surface area contributed by atoms with Crippen LogP contribution in [0.15, 0.2) is 18.2 Å². The molecule has 4 heteroatoms. The summed E-state index contributed by atoms with van der Waals surface area (Å²) in [5.74, 6) is 0.212. The van der Waals surface area contributed by atoms with Crippen molar-refractivity contribution in [3.05, 3.63) is 28.8 Å². The van der Waals surface area contributed by atoms with Crippen molar-refractivity contribution in [3.63, 3.8) is 0 Å². The van der Waals surface area contributed by atoms with Crippen LogP contribution in [0.2, 0.25) is 5.02 Å². The van der Waals surface area contributed by atoms with Crippen molar-refractivity contribution in [2.75, 3.05) is 0 Å². The van der Waals surface area contributed by atoms with Crippen molar-refractivity contribution in [2.45, 2.75) is 32.9 Å². The van der Waals surface area contributed by atoms with Crippen molar-refractivity contribution in [3.8, 4) is 5.75 Å². The minimum atomic E-state index is -0.256. The maximum atomic E-state index is 9.51. The van der Waals surface area contributed by atoms with E-state index in [2.05, 4.69) is 5.48 Å². The van der Waals surface area contributed by atoms with Gasteiger partial charge in [-0.05, 0) is 39.0 Å². The molecule has 3 nitrogen and oxygen atoms in total. The fourth-order valence-corrected chi connectivity index (χ4v) is 1.22. The molecule has 15 heavy (non-hydrogen) atoms. The molecule has 0 radical (unpaired) electrons. The summed E-state index contributed by atoms with van der Waals surface area (Å²) in [6.45, 7) is 6.25. The van der Waals surface area contributed by atoms with E-state index in [9.17, 15) is 5.11 Å². The normalized spacial score (nSPS) is 11.7. The highest BCUT2D eigenvalue weighted by Crippen LogP contribution is 2.21. The van der Waals surface area contributed by atoms with Gasteiger partial charge in [0.2, 0.25) is 0 Å². The van der Waals surface area contributed by atoms with Gasteiger partial charge in [0.15, 0.2) is 0 Å². The van der Waals surface area contributed by atoms with Crippen molar-refractivity contribution in [2.24, 2.45) is 0 Å². The number of hydrogen-bond acceptors (Lipinski definition) is 3. The average molecular weight is 230 g/mol. The number of phenolic OH excluding ortho intramolecular Hbond substituents is 1. The molecular weight excluding hydrogens is 214 g/mol. The molecule has 0 fully saturated rings. The number of benzene rings is 1. The van der Waals surface area contributed by atoms with Gasteiger partial charge >= 0.3 is 0 Å². The molecule has 1 aromatic rings. The summed E-state index contributed by atoms with van der Waals surface area (Å²) < 4.78 is 0. The first-order chi connectivity index (χ1) is 6.88.